The van der Waals surface area contributed by atoms with Gasteiger partial charge in [0.1, 0.15) is 5.75 Å². The van der Waals surface area contributed by atoms with Gasteiger partial charge in [0.2, 0.25) is 0 Å². The Hall–Kier alpha value is -2.46. The van der Waals surface area contributed by atoms with E-state index in [1.54, 1.807) is 0 Å². The lowest BCUT2D eigenvalue weighted by Crippen LogP contribution is -2.12. The quantitative estimate of drug-likeness (QED) is 0.652. The van der Waals surface area contributed by atoms with Crippen molar-refractivity contribution in [3.63, 3.8) is 0 Å². The predicted octanol–water partition coefficient (Wildman–Crippen LogP) is 4.20. The van der Waals surface area contributed by atoms with Crippen LogP contribution in [0.5, 0.6) is 5.75 Å². The highest BCUT2D eigenvalue weighted by Crippen LogP contribution is 2.30. The van der Waals surface area contributed by atoms with E-state index in [-0.39, 0.29) is 6.61 Å². The molecule has 0 aliphatic rings. The number of esters is 1. The van der Waals surface area contributed by atoms with Gasteiger partial charge in [0.15, 0.2) is 6.61 Å². The van der Waals surface area contributed by atoms with E-state index in [9.17, 15) is 4.79 Å². The lowest BCUT2D eigenvalue weighted by Gasteiger charge is -2.11. The highest BCUT2D eigenvalue weighted by Gasteiger charge is 2.12. The van der Waals surface area contributed by atoms with E-state index in [0.717, 1.165) is 27.2 Å². The first-order valence-corrected chi connectivity index (χ1v) is 8.00. The Morgan fingerprint density at radius 2 is 1.96 bits per heavy atom. The zero-order chi connectivity index (χ0) is 17.1. The average Bonchev–Trinajstić information content (AvgIpc) is 2.91. The molecule has 24 heavy (non-hydrogen) atoms. The molecule has 3 rings (SSSR count). The maximum atomic E-state index is 11.3. The normalized spacial score (nSPS) is 10.8. The molecule has 0 saturated carbocycles. The summed E-state index contributed by atoms with van der Waals surface area (Å²) in [4.78, 5) is 11.3. The van der Waals surface area contributed by atoms with Crippen molar-refractivity contribution >= 4 is 28.5 Å². The minimum atomic E-state index is -0.403. The number of hydrogen-bond donors (Lipinski definition) is 0. The summed E-state index contributed by atoms with van der Waals surface area (Å²) in [5.41, 5.74) is 3.19. The summed E-state index contributed by atoms with van der Waals surface area (Å²) in [5, 5.41) is 1.71. The molecule has 2 aromatic carbocycles. The molecule has 5 heteroatoms. The SMILES string of the molecule is COC(=O)COc1cccc2c1cc(C)n2Cc1ccccc1Cl. The van der Waals surface area contributed by atoms with E-state index < -0.39 is 5.97 Å². The van der Waals surface area contributed by atoms with E-state index in [4.69, 9.17) is 16.3 Å². The number of hydrogen-bond acceptors (Lipinski definition) is 3. The number of rotatable bonds is 5. The van der Waals surface area contributed by atoms with Gasteiger partial charge in [-0.25, -0.2) is 4.79 Å². The highest BCUT2D eigenvalue weighted by molar-refractivity contribution is 6.31. The van der Waals surface area contributed by atoms with Crippen molar-refractivity contribution in [1.29, 1.82) is 0 Å². The third-order valence-electron chi connectivity index (χ3n) is 3.97. The number of methoxy groups -OCH3 is 1. The van der Waals surface area contributed by atoms with E-state index in [1.165, 1.54) is 7.11 Å². The molecular weight excluding hydrogens is 326 g/mol. The van der Waals surface area contributed by atoms with Crippen LogP contribution in [0.3, 0.4) is 0 Å². The Bertz CT molecular complexity index is 885. The minimum absolute atomic E-state index is 0.107. The van der Waals surface area contributed by atoms with E-state index in [1.807, 2.05) is 49.4 Å². The Balaban J connectivity index is 1.97. The monoisotopic (exact) mass is 343 g/mol. The van der Waals surface area contributed by atoms with Gasteiger partial charge in [0.25, 0.3) is 0 Å². The fourth-order valence-corrected chi connectivity index (χ4v) is 2.91. The summed E-state index contributed by atoms with van der Waals surface area (Å²) in [6.45, 7) is 2.61. The Morgan fingerprint density at radius 3 is 2.71 bits per heavy atom. The minimum Gasteiger partial charge on any atom is -0.481 e. The van der Waals surface area contributed by atoms with Crippen molar-refractivity contribution in [2.45, 2.75) is 13.5 Å². The number of nitrogens with zero attached hydrogens (tertiary/aromatic N) is 1. The third kappa shape index (κ3) is 3.24. The molecule has 0 fully saturated rings. The average molecular weight is 344 g/mol. The van der Waals surface area contributed by atoms with Gasteiger partial charge in [0.05, 0.1) is 12.6 Å². The standard InChI is InChI=1S/C19H18ClNO3/c1-13-10-15-17(8-5-9-18(15)24-12-19(22)23-2)21(13)11-14-6-3-4-7-16(14)20/h3-10H,11-12H2,1-2H3. The maximum absolute atomic E-state index is 11.3. The molecule has 0 unspecified atom stereocenters. The molecule has 0 amide bonds. The second kappa shape index (κ2) is 6.97. The number of aromatic nitrogens is 1. The molecule has 0 saturated heterocycles. The Labute approximate surface area is 145 Å². The summed E-state index contributed by atoms with van der Waals surface area (Å²) in [5.74, 6) is 0.262. The lowest BCUT2D eigenvalue weighted by atomic mass is 10.2. The van der Waals surface area contributed by atoms with Crippen LogP contribution < -0.4 is 4.74 Å². The van der Waals surface area contributed by atoms with Gasteiger partial charge in [-0.05, 0) is 36.8 Å². The predicted molar refractivity (Wildman–Crippen MR) is 94.7 cm³/mol. The van der Waals surface area contributed by atoms with Crippen molar-refractivity contribution in [3.05, 3.63) is 64.8 Å². The number of ether oxygens (including phenoxy) is 2. The van der Waals surface area contributed by atoms with Crippen LogP contribution in [-0.2, 0) is 16.1 Å². The summed E-state index contributed by atoms with van der Waals surface area (Å²) in [6.07, 6.45) is 0. The largest absolute Gasteiger partial charge is 0.481 e. The zero-order valence-corrected chi connectivity index (χ0v) is 14.3. The first-order chi connectivity index (χ1) is 11.6. The summed E-state index contributed by atoms with van der Waals surface area (Å²) in [6, 6.07) is 15.7. The van der Waals surface area contributed by atoms with Gasteiger partial charge >= 0.3 is 5.97 Å². The fourth-order valence-electron chi connectivity index (χ4n) is 2.72. The smallest absolute Gasteiger partial charge is 0.343 e. The van der Waals surface area contributed by atoms with Crippen LogP contribution in [0, 0.1) is 6.92 Å². The fraction of sp³-hybridized carbons (Fsp3) is 0.211. The van der Waals surface area contributed by atoms with Crippen LogP contribution in [0.1, 0.15) is 11.3 Å². The highest BCUT2D eigenvalue weighted by atomic mass is 35.5. The summed E-state index contributed by atoms with van der Waals surface area (Å²) in [7, 11) is 1.34. The topological polar surface area (TPSA) is 40.5 Å². The van der Waals surface area contributed by atoms with Crippen LogP contribution in [0.4, 0.5) is 0 Å². The molecule has 0 bridgehead atoms. The number of halogens is 1. The van der Waals surface area contributed by atoms with Crippen molar-refractivity contribution < 1.29 is 14.3 Å². The van der Waals surface area contributed by atoms with Crippen LogP contribution in [0.25, 0.3) is 10.9 Å². The summed E-state index contributed by atoms with van der Waals surface area (Å²) >= 11 is 6.29. The molecule has 0 atom stereocenters. The van der Waals surface area contributed by atoms with Gasteiger partial charge in [-0.15, -0.1) is 0 Å². The Morgan fingerprint density at radius 1 is 1.17 bits per heavy atom. The van der Waals surface area contributed by atoms with E-state index in [2.05, 4.69) is 15.4 Å². The molecule has 0 N–H and O–H groups in total. The maximum Gasteiger partial charge on any atom is 0.343 e. The first-order valence-electron chi connectivity index (χ1n) is 7.62. The van der Waals surface area contributed by atoms with E-state index >= 15 is 0 Å². The molecule has 1 aromatic heterocycles. The molecule has 0 spiro atoms. The van der Waals surface area contributed by atoms with Crippen molar-refractivity contribution in [3.8, 4) is 5.75 Å². The number of carbonyl (C=O) groups is 1. The zero-order valence-electron chi connectivity index (χ0n) is 13.6. The number of carbonyl (C=O) groups excluding carboxylic acids is 1. The van der Waals surface area contributed by atoms with Crippen molar-refractivity contribution in [1.82, 2.24) is 4.57 Å². The molecular formula is C19H18ClNO3. The van der Waals surface area contributed by atoms with Crippen LogP contribution in [0.2, 0.25) is 5.02 Å². The van der Waals surface area contributed by atoms with Crippen LogP contribution >= 0.6 is 11.6 Å². The van der Waals surface area contributed by atoms with Crippen molar-refractivity contribution in [2.24, 2.45) is 0 Å². The lowest BCUT2D eigenvalue weighted by molar-refractivity contribution is -0.142. The van der Waals surface area contributed by atoms with Gasteiger partial charge in [-0.2, -0.15) is 0 Å². The van der Waals surface area contributed by atoms with E-state index in [0.29, 0.717) is 12.3 Å². The molecule has 4 nitrogen and oxygen atoms in total. The summed E-state index contributed by atoms with van der Waals surface area (Å²) < 4.78 is 12.4. The van der Waals surface area contributed by atoms with Gasteiger partial charge in [-0.3, -0.25) is 0 Å². The molecule has 3 aromatic rings. The van der Waals surface area contributed by atoms with Crippen LogP contribution in [-0.4, -0.2) is 24.3 Å². The number of benzene rings is 2. The van der Waals surface area contributed by atoms with Crippen LogP contribution in [0.15, 0.2) is 48.5 Å². The molecule has 1 heterocycles. The van der Waals surface area contributed by atoms with Gasteiger partial charge in [0, 0.05) is 22.6 Å². The molecule has 0 aliphatic carbocycles. The van der Waals surface area contributed by atoms with Gasteiger partial charge in [-0.1, -0.05) is 35.9 Å². The third-order valence-corrected chi connectivity index (χ3v) is 4.34. The number of aryl methyl sites for hydroxylation is 1. The second-order valence-electron chi connectivity index (χ2n) is 5.52. The molecule has 124 valence electrons. The van der Waals surface area contributed by atoms with Gasteiger partial charge < -0.3 is 14.0 Å². The molecule has 0 aliphatic heterocycles. The van der Waals surface area contributed by atoms with Crippen molar-refractivity contribution in [2.75, 3.05) is 13.7 Å². The first kappa shape index (κ1) is 16.4. The number of fused-ring (bicyclic) bond motifs is 1. The molecule has 0 radical (unpaired) electrons. The second-order valence-corrected chi connectivity index (χ2v) is 5.92. The Kier molecular flexibility index (Phi) is 4.76.